The SMILES string of the molecule is COC1CCCN(C(C)CNC2CC2)C1. The van der Waals surface area contributed by atoms with Crippen LogP contribution in [-0.4, -0.2) is 49.8 Å². The second kappa shape index (κ2) is 5.28. The molecule has 1 saturated carbocycles. The molecule has 1 aliphatic carbocycles. The van der Waals surface area contributed by atoms with Gasteiger partial charge in [-0.05, 0) is 39.2 Å². The fraction of sp³-hybridized carbons (Fsp3) is 1.00. The molecule has 1 N–H and O–H groups in total. The van der Waals surface area contributed by atoms with Gasteiger partial charge in [-0.15, -0.1) is 0 Å². The zero-order valence-corrected chi connectivity index (χ0v) is 10.0. The van der Waals surface area contributed by atoms with Crippen molar-refractivity contribution in [3.63, 3.8) is 0 Å². The maximum atomic E-state index is 5.45. The van der Waals surface area contributed by atoms with E-state index in [1.807, 2.05) is 7.11 Å². The largest absolute Gasteiger partial charge is 0.380 e. The van der Waals surface area contributed by atoms with Crippen molar-refractivity contribution in [2.75, 3.05) is 26.7 Å². The molecule has 0 spiro atoms. The van der Waals surface area contributed by atoms with Gasteiger partial charge in [0.05, 0.1) is 6.10 Å². The average molecular weight is 212 g/mol. The van der Waals surface area contributed by atoms with E-state index in [9.17, 15) is 0 Å². The van der Waals surface area contributed by atoms with Gasteiger partial charge >= 0.3 is 0 Å². The molecular weight excluding hydrogens is 188 g/mol. The van der Waals surface area contributed by atoms with Crippen LogP contribution in [0.1, 0.15) is 32.6 Å². The van der Waals surface area contributed by atoms with Gasteiger partial charge in [-0.25, -0.2) is 0 Å². The Kier molecular flexibility index (Phi) is 4.00. The van der Waals surface area contributed by atoms with E-state index in [2.05, 4.69) is 17.1 Å². The minimum absolute atomic E-state index is 0.460. The van der Waals surface area contributed by atoms with E-state index in [4.69, 9.17) is 4.74 Å². The Labute approximate surface area is 93.2 Å². The molecule has 3 heteroatoms. The Morgan fingerprint density at radius 3 is 2.87 bits per heavy atom. The first-order valence-electron chi connectivity index (χ1n) is 6.30. The highest BCUT2D eigenvalue weighted by atomic mass is 16.5. The predicted molar refractivity (Wildman–Crippen MR) is 62.1 cm³/mol. The molecule has 2 atom stereocenters. The Hall–Kier alpha value is -0.120. The molecule has 2 unspecified atom stereocenters. The highest BCUT2D eigenvalue weighted by Gasteiger charge is 2.25. The molecule has 0 amide bonds. The van der Waals surface area contributed by atoms with Gasteiger partial charge in [-0.1, -0.05) is 0 Å². The third-order valence-electron chi connectivity index (χ3n) is 3.65. The van der Waals surface area contributed by atoms with E-state index >= 15 is 0 Å². The minimum atomic E-state index is 0.460. The van der Waals surface area contributed by atoms with Crippen molar-refractivity contribution in [3.05, 3.63) is 0 Å². The number of rotatable bonds is 5. The van der Waals surface area contributed by atoms with Crippen LogP contribution >= 0.6 is 0 Å². The molecule has 0 radical (unpaired) electrons. The Bertz CT molecular complexity index is 194. The lowest BCUT2D eigenvalue weighted by Gasteiger charge is -2.36. The van der Waals surface area contributed by atoms with Gasteiger partial charge in [0.1, 0.15) is 0 Å². The van der Waals surface area contributed by atoms with Gasteiger partial charge < -0.3 is 10.1 Å². The van der Waals surface area contributed by atoms with Crippen molar-refractivity contribution in [2.45, 2.75) is 50.8 Å². The van der Waals surface area contributed by atoms with Gasteiger partial charge in [0.2, 0.25) is 0 Å². The lowest BCUT2D eigenvalue weighted by Crippen LogP contribution is -2.48. The quantitative estimate of drug-likeness (QED) is 0.742. The number of ether oxygens (including phenoxy) is 1. The summed E-state index contributed by atoms with van der Waals surface area (Å²) in [5.41, 5.74) is 0. The van der Waals surface area contributed by atoms with Crippen LogP contribution in [0, 0.1) is 0 Å². The number of methoxy groups -OCH3 is 1. The molecule has 1 saturated heterocycles. The summed E-state index contributed by atoms with van der Waals surface area (Å²) in [6, 6.07) is 1.49. The van der Waals surface area contributed by atoms with Crippen molar-refractivity contribution >= 4 is 0 Å². The molecule has 0 aromatic rings. The molecule has 2 rings (SSSR count). The molecule has 3 nitrogen and oxygen atoms in total. The lowest BCUT2D eigenvalue weighted by molar-refractivity contribution is 0.0175. The summed E-state index contributed by atoms with van der Waals surface area (Å²) < 4.78 is 5.45. The van der Waals surface area contributed by atoms with Crippen molar-refractivity contribution in [2.24, 2.45) is 0 Å². The highest BCUT2D eigenvalue weighted by Crippen LogP contribution is 2.19. The van der Waals surface area contributed by atoms with E-state index in [0.717, 1.165) is 19.1 Å². The second-order valence-electron chi connectivity index (χ2n) is 5.03. The second-order valence-corrected chi connectivity index (χ2v) is 5.03. The van der Waals surface area contributed by atoms with Gasteiger partial charge in [0.15, 0.2) is 0 Å². The van der Waals surface area contributed by atoms with Crippen molar-refractivity contribution < 1.29 is 4.74 Å². The van der Waals surface area contributed by atoms with Crippen LogP contribution in [0.15, 0.2) is 0 Å². The van der Waals surface area contributed by atoms with E-state index < -0.39 is 0 Å². The highest BCUT2D eigenvalue weighted by molar-refractivity contribution is 4.84. The summed E-state index contributed by atoms with van der Waals surface area (Å²) in [6.45, 7) is 5.83. The van der Waals surface area contributed by atoms with Crippen LogP contribution in [-0.2, 0) is 4.74 Å². The minimum Gasteiger partial charge on any atom is -0.380 e. The molecule has 0 aromatic carbocycles. The third kappa shape index (κ3) is 3.44. The number of hydrogen-bond donors (Lipinski definition) is 1. The number of nitrogens with zero attached hydrogens (tertiary/aromatic N) is 1. The smallest absolute Gasteiger partial charge is 0.0698 e. The van der Waals surface area contributed by atoms with Gasteiger partial charge in [-0.3, -0.25) is 4.90 Å². The summed E-state index contributed by atoms with van der Waals surface area (Å²) in [4.78, 5) is 2.56. The molecule has 88 valence electrons. The first kappa shape index (κ1) is 11.4. The summed E-state index contributed by atoms with van der Waals surface area (Å²) in [5, 5.41) is 3.60. The van der Waals surface area contributed by atoms with Crippen LogP contribution in [0.25, 0.3) is 0 Å². The van der Waals surface area contributed by atoms with Crippen molar-refractivity contribution in [1.82, 2.24) is 10.2 Å². The molecule has 0 aromatic heterocycles. The van der Waals surface area contributed by atoms with Crippen LogP contribution in [0.2, 0.25) is 0 Å². The molecule has 2 fully saturated rings. The van der Waals surface area contributed by atoms with Gasteiger partial charge in [0.25, 0.3) is 0 Å². The summed E-state index contributed by atoms with van der Waals surface area (Å²) in [5.74, 6) is 0. The fourth-order valence-corrected chi connectivity index (χ4v) is 2.31. The zero-order valence-electron chi connectivity index (χ0n) is 10.0. The molecule has 1 heterocycles. The summed E-state index contributed by atoms with van der Waals surface area (Å²) in [6.07, 6.45) is 5.74. The van der Waals surface area contributed by atoms with Gasteiger partial charge in [0, 0.05) is 32.3 Å². The molecule has 2 aliphatic rings. The monoisotopic (exact) mass is 212 g/mol. The number of hydrogen-bond acceptors (Lipinski definition) is 3. The normalized spacial score (nSPS) is 30.4. The van der Waals surface area contributed by atoms with Crippen molar-refractivity contribution in [3.8, 4) is 0 Å². The van der Waals surface area contributed by atoms with E-state index in [1.54, 1.807) is 0 Å². The average Bonchev–Trinajstić information content (AvgIpc) is 3.10. The number of likely N-dealkylation sites (tertiary alicyclic amines) is 1. The fourth-order valence-electron chi connectivity index (χ4n) is 2.31. The predicted octanol–water partition coefficient (Wildman–Crippen LogP) is 1.24. The van der Waals surface area contributed by atoms with E-state index in [0.29, 0.717) is 12.1 Å². The van der Waals surface area contributed by atoms with E-state index in [1.165, 1.54) is 32.2 Å². The van der Waals surface area contributed by atoms with Crippen LogP contribution in [0.4, 0.5) is 0 Å². The lowest BCUT2D eigenvalue weighted by atomic mass is 10.1. The maximum Gasteiger partial charge on any atom is 0.0698 e. The summed E-state index contributed by atoms with van der Waals surface area (Å²) >= 11 is 0. The van der Waals surface area contributed by atoms with E-state index in [-0.39, 0.29) is 0 Å². The Morgan fingerprint density at radius 1 is 1.40 bits per heavy atom. The van der Waals surface area contributed by atoms with Crippen LogP contribution in [0.3, 0.4) is 0 Å². The Balaban J connectivity index is 1.70. The first-order chi connectivity index (χ1) is 7.29. The van der Waals surface area contributed by atoms with Crippen molar-refractivity contribution in [1.29, 1.82) is 0 Å². The molecule has 15 heavy (non-hydrogen) atoms. The molecular formula is C12H24N2O. The summed E-state index contributed by atoms with van der Waals surface area (Å²) in [7, 11) is 1.83. The third-order valence-corrected chi connectivity index (χ3v) is 3.65. The Morgan fingerprint density at radius 2 is 2.20 bits per heavy atom. The number of piperidine rings is 1. The van der Waals surface area contributed by atoms with Crippen LogP contribution in [0.5, 0.6) is 0 Å². The standard InChI is InChI=1S/C12H24N2O/c1-10(8-13-11-5-6-11)14-7-3-4-12(9-14)15-2/h10-13H,3-9H2,1-2H3. The zero-order chi connectivity index (χ0) is 10.7. The molecule has 0 bridgehead atoms. The van der Waals surface area contributed by atoms with Crippen LogP contribution < -0.4 is 5.32 Å². The number of nitrogens with one attached hydrogen (secondary N) is 1. The maximum absolute atomic E-state index is 5.45. The topological polar surface area (TPSA) is 24.5 Å². The van der Waals surface area contributed by atoms with Gasteiger partial charge in [-0.2, -0.15) is 0 Å². The first-order valence-corrected chi connectivity index (χ1v) is 6.30. The molecule has 1 aliphatic heterocycles.